The molecule has 1 aliphatic rings. The lowest BCUT2D eigenvalue weighted by Gasteiger charge is -2.18. The van der Waals surface area contributed by atoms with Gasteiger partial charge in [-0.15, -0.1) is 0 Å². The summed E-state index contributed by atoms with van der Waals surface area (Å²) in [6.45, 7) is 5.19. The number of likely N-dealkylation sites (tertiary alicyclic amines) is 1. The second-order valence-corrected chi connectivity index (χ2v) is 6.35. The number of pyridine rings is 1. The van der Waals surface area contributed by atoms with Crippen LogP contribution in [0, 0.1) is 13.8 Å². The van der Waals surface area contributed by atoms with E-state index in [0.717, 1.165) is 30.0 Å². The van der Waals surface area contributed by atoms with Gasteiger partial charge in [-0.2, -0.15) is 0 Å². The lowest BCUT2D eigenvalue weighted by atomic mass is 10.0. The molecule has 122 valence electrons. The molecule has 6 heteroatoms. The van der Waals surface area contributed by atoms with E-state index in [1.807, 2.05) is 25.9 Å². The highest BCUT2D eigenvalue weighted by atomic mass is 16.5. The lowest BCUT2D eigenvalue weighted by molar-refractivity contribution is 0.0780. The van der Waals surface area contributed by atoms with Crippen molar-refractivity contribution in [3.05, 3.63) is 41.0 Å². The monoisotopic (exact) mass is 314 g/mol. The molecule has 0 aliphatic carbocycles. The standard InChI is InChI=1S/C17H22N4O2/c1-11-7-14(20(3)4)9-15(18-11)13-5-6-21(10-13)17(22)16-8-12(2)23-19-16/h7-9,13H,5-6,10H2,1-4H3. The van der Waals surface area contributed by atoms with Crippen molar-refractivity contribution in [2.75, 3.05) is 32.1 Å². The van der Waals surface area contributed by atoms with Crippen molar-refractivity contribution >= 4 is 11.6 Å². The van der Waals surface area contributed by atoms with Crippen LogP contribution < -0.4 is 4.90 Å². The Kier molecular flexibility index (Phi) is 4.07. The summed E-state index contributed by atoms with van der Waals surface area (Å²) in [5.41, 5.74) is 3.59. The van der Waals surface area contributed by atoms with Crippen molar-refractivity contribution in [1.29, 1.82) is 0 Å². The molecule has 0 aromatic carbocycles. The van der Waals surface area contributed by atoms with Crippen LogP contribution in [0.25, 0.3) is 0 Å². The normalized spacial score (nSPS) is 17.6. The molecule has 1 fully saturated rings. The van der Waals surface area contributed by atoms with Gasteiger partial charge in [-0.1, -0.05) is 5.16 Å². The van der Waals surface area contributed by atoms with Crippen LogP contribution in [0.5, 0.6) is 0 Å². The van der Waals surface area contributed by atoms with Gasteiger partial charge in [0.25, 0.3) is 5.91 Å². The van der Waals surface area contributed by atoms with Crippen LogP contribution in [0.3, 0.4) is 0 Å². The minimum absolute atomic E-state index is 0.0650. The maximum Gasteiger partial charge on any atom is 0.276 e. The molecule has 0 saturated carbocycles. The Balaban J connectivity index is 1.76. The number of aromatic nitrogens is 2. The van der Waals surface area contributed by atoms with Crippen molar-refractivity contribution in [2.24, 2.45) is 0 Å². The minimum Gasteiger partial charge on any atom is -0.378 e. The van der Waals surface area contributed by atoms with Gasteiger partial charge in [0, 0.05) is 56.2 Å². The molecular formula is C17H22N4O2. The van der Waals surface area contributed by atoms with E-state index in [4.69, 9.17) is 4.52 Å². The van der Waals surface area contributed by atoms with Crippen molar-refractivity contribution in [1.82, 2.24) is 15.0 Å². The summed E-state index contributed by atoms with van der Waals surface area (Å²) in [7, 11) is 4.05. The molecule has 1 atom stereocenters. The van der Waals surface area contributed by atoms with Gasteiger partial charge >= 0.3 is 0 Å². The summed E-state index contributed by atoms with van der Waals surface area (Å²) < 4.78 is 5.00. The Morgan fingerprint density at radius 3 is 2.74 bits per heavy atom. The summed E-state index contributed by atoms with van der Waals surface area (Å²) in [6, 6.07) is 5.87. The Morgan fingerprint density at radius 2 is 2.09 bits per heavy atom. The molecule has 0 radical (unpaired) electrons. The first-order chi connectivity index (χ1) is 10.9. The summed E-state index contributed by atoms with van der Waals surface area (Å²) in [5.74, 6) is 0.857. The Labute approximate surface area is 136 Å². The first-order valence-electron chi connectivity index (χ1n) is 7.82. The average molecular weight is 314 g/mol. The molecule has 2 aromatic rings. The summed E-state index contributed by atoms with van der Waals surface area (Å²) in [6.07, 6.45) is 0.923. The molecule has 1 unspecified atom stereocenters. The third-order valence-electron chi connectivity index (χ3n) is 4.22. The molecule has 0 N–H and O–H groups in total. The van der Waals surface area contributed by atoms with Crippen LogP contribution in [0.1, 0.15) is 40.0 Å². The number of rotatable bonds is 3. The van der Waals surface area contributed by atoms with E-state index < -0.39 is 0 Å². The van der Waals surface area contributed by atoms with Gasteiger partial charge in [-0.3, -0.25) is 9.78 Å². The van der Waals surface area contributed by atoms with E-state index >= 15 is 0 Å². The van der Waals surface area contributed by atoms with Crippen LogP contribution in [-0.2, 0) is 0 Å². The van der Waals surface area contributed by atoms with Gasteiger partial charge in [-0.05, 0) is 32.4 Å². The summed E-state index contributed by atoms with van der Waals surface area (Å²) in [5, 5.41) is 3.82. The second kappa shape index (κ2) is 6.02. The van der Waals surface area contributed by atoms with Crippen molar-refractivity contribution in [3.63, 3.8) is 0 Å². The fourth-order valence-electron chi connectivity index (χ4n) is 2.96. The Morgan fingerprint density at radius 1 is 1.30 bits per heavy atom. The third kappa shape index (κ3) is 3.21. The highest BCUT2D eigenvalue weighted by Gasteiger charge is 2.30. The van der Waals surface area contributed by atoms with Crippen molar-refractivity contribution in [2.45, 2.75) is 26.2 Å². The van der Waals surface area contributed by atoms with E-state index in [2.05, 4.69) is 27.2 Å². The topological polar surface area (TPSA) is 62.5 Å². The van der Waals surface area contributed by atoms with Crippen LogP contribution in [-0.4, -0.2) is 48.1 Å². The van der Waals surface area contributed by atoms with Gasteiger partial charge in [0.2, 0.25) is 0 Å². The second-order valence-electron chi connectivity index (χ2n) is 6.35. The zero-order valence-electron chi connectivity index (χ0n) is 14.0. The number of nitrogens with zero attached hydrogens (tertiary/aromatic N) is 4. The predicted molar refractivity (Wildman–Crippen MR) is 87.8 cm³/mol. The SMILES string of the molecule is Cc1cc(N(C)C)cc(C2CCN(C(=O)c3cc(C)on3)C2)n1. The number of aryl methyl sites for hydroxylation is 2. The van der Waals surface area contributed by atoms with E-state index in [1.165, 1.54) is 0 Å². The van der Waals surface area contributed by atoms with Crippen molar-refractivity contribution < 1.29 is 9.32 Å². The molecule has 0 bridgehead atoms. The molecule has 6 nitrogen and oxygen atoms in total. The molecule has 1 aliphatic heterocycles. The van der Waals surface area contributed by atoms with E-state index in [9.17, 15) is 4.79 Å². The highest BCUT2D eigenvalue weighted by Crippen LogP contribution is 2.29. The maximum atomic E-state index is 12.5. The van der Waals surface area contributed by atoms with E-state index in [0.29, 0.717) is 18.0 Å². The van der Waals surface area contributed by atoms with Crippen LogP contribution in [0.15, 0.2) is 22.7 Å². The molecular weight excluding hydrogens is 292 g/mol. The average Bonchev–Trinajstić information content (AvgIpc) is 3.15. The molecule has 2 aromatic heterocycles. The van der Waals surface area contributed by atoms with Crippen LogP contribution >= 0.6 is 0 Å². The Hall–Kier alpha value is -2.37. The lowest BCUT2D eigenvalue weighted by Crippen LogP contribution is -2.28. The zero-order chi connectivity index (χ0) is 16.6. The smallest absolute Gasteiger partial charge is 0.276 e. The Bertz CT molecular complexity index is 723. The van der Waals surface area contributed by atoms with Gasteiger partial charge in [0.05, 0.1) is 0 Å². The number of anilines is 1. The molecule has 23 heavy (non-hydrogen) atoms. The van der Waals surface area contributed by atoms with Crippen LogP contribution in [0.4, 0.5) is 5.69 Å². The van der Waals surface area contributed by atoms with Gasteiger partial charge in [-0.25, -0.2) is 0 Å². The third-order valence-corrected chi connectivity index (χ3v) is 4.22. The number of carbonyl (C=O) groups is 1. The molecule has 3 rings (SSSR count). The van der Waals surface area contributed by atoms with Crippen LogP contribution in [0.2, 0.25) is 0 Å². The minimum atomic E-state index is -0.0650. The number of carbonyl (C=O) groups excluding carboxylic acids is 1. The first-order valence-corrected chi connectivity index (χ1v) is 7.82. The van der Waals surface area contributed by atoms with Gasteiger partial charge in [0.1, 0.15) is 5.76 Å². The molecule has 0 spiro atoms. The number of amides is 1. The summed E-state index contributed by atoms with van der Waals surface area (Å²) >= 11 is 0. The molecule has 1 amide bonds. The summed E-state index contributed by atoms with van der Waals surface area (Å²) in [4.78, 5) is 21.0. The van der Waals surface area contributed by atoms with E-state index in [1.54, 1.807) is 13.0 Å². The fraction of sp³-hybridized carbons (Fsp3) is 0.471. The predicted octanol–water partition coefficient (Wildman–Crippen LogP) is 2.38. The highest BCUT2D eigenvalue weighted by molar-refractivity contribution is 5.92. The zero-order valence-corrected chi connectivity index (χ0v) is 14.0. The van der Waals surface area contributed by atoms with Gasteiger partial charge < -0.3 is 14.3 Å². The quantitative estimate of drug-likeness (QED) is 0.870. The number of hydrogen-bond acceptors (Lipinski definition) is 5. The first kappa shape index (κ1) is 15.5. The maximum absolute atomic E-state index is 12.5. The largest absolute Gasteiger partial charge is 0.378 e. The van der Waals surface area contributed by atoms with Crippen molar-refractivity contribution in [3.8, 4) is 0 Å². The van der Waals surface area contributed by atoms with E-state index in [-0.39, 0.29) is 11.8 Å². The van der Waals surface area contributed by atoms with Gasteiger partial charge in [0.15, 0.2) is 5.69 Å². The molecule has 1 saturated heterocycles. The molecule has 3 heterocycles. The fourth-order valence-corrected chi connectivity index (χ4v) is 2.96. The number of hydrogen-bond donors (Lipinski definition) is 0.